The molecule has 4 heteroatoms. The molecule has 0 atom stereocenters. The van der Waals surface area contributed by atoms with Crippen LogP contribution in [0.1, 0.15) is 0 Å². The van der Waals surface area contributed by atoms with Crippen molar-refractivity contribution in [3.8, 4) is 0 Å². The van der Waals surface area contributed by atoms with Gasteiger partial charge in [-0.3, -0.25) is 0 Å². The Hall–Kier alpha value is 0.0234. The van der Waals surface area contributed by atoms with Gasteiger partial charge >= 0.3 is 32.3 Å². The zero-order valence-corrected chi connectivity index (χ0v) is 3.24. The van der Waals surface area contributed by atoms with Gasteiger partial charge in [0.2, 0.25) is 0 Å². The van der Waals surface area contributed by atoms with E-state index in [1.807, 2.05) is 0 Å². The maximum atomic E-state index is 8.76. The summed E-state index contributed by atoms with van der Waals surface area (Å²) in [7, 11) is 0. The molecule has 0 unspecified atom stereocenters. The monoisotopic (exact) mass is 149 g/mol. The Morgan fingerprint density at radius 1 is 2.00 bits per heavy atom. The number of hydrogen-bond donors (Lipinski definition) is 0. The molecule has 0 spiro atoms. The summed E-state index contributed by atoms with van der Waals surface area (Å²) in [5.74, 6) is 0. The minimum absolute atomic E-state index is 0.610. The van der Waals surface area contributed by atoms with Gasteiger partial charge < -0.3 is 0 Å². The average molecular weight is 149 g/mol. The number of rotatable bonds is 0. The second kappa shape index (κ2) is 1.35. The van der Waals surface area contributed by atoms with E-state index in [0.29, 0.717) is 0 Å². The summed E-state index contributed by atoms with van der Waals surface area (Å²) in [5, 5.41) is 8.76. The molecule has 0 fully saturated rings. The van der Waals surface area contributed by atoms with Gasteiger partial charge in [0.15, 0.2) is 0 Å². The van der Waals surface area contributed by atoms with Crippen LogP contribution in [0.15, 0.2) is 0 Å². The van der Waals surface area contributed by atoms with Gasteiger partial charge in [0, 0.05) is 0 Å². The van der Waals surface area contributed by atoms with E-state index in [-0.39, 0.29) is 0 Å². The predicted molar refractivity (Wildman–Crippen MR) is 6.99 cm³/mol. The molecule has 0 bridgehead atoms. The molecule has 0 aliphatic rings. The van der Waals surface area contributed by atoms with Crippen LogP contribution in [-0.2, 0) is 18.5 Å². The second-order valence-corrected chi connectivity index (χ2v) is 0.795. The third kappa shape index (κ3) is 3880. The van der Waals surface area contributed by atoms with Crippen LogP contribution >= 0.6 is 0 Å². The first-order valence-electron chi connectivity index (χ1n) is 0.514. The van der Waals surface area contributed by atoms with Crippen LogP contribution < -0.4 is 0 Å². The second-order valence-electron chi connectivity index (χ2n) is 0.196. The van der Waals surface area contributed by atoms with E-state index in [4.69, 9.17) is 10.1 Å². The van der Waals surface area contributed by atoms with E-state index in [1.165, 1.54) is 18.5 Å². The molecule has 0 N–H and O–H groups in total. The topological polar surface area (TPSA) is 43.1 Å². The summed E-state index contributed by atoms with van der Waals surface area (Å²) in [6, 6.07) is 0. The summed E-state index contributed by atoms with van der Waals surface area (Å²) in [6.45, 7) is 0. The summed E-state index contributed by atoms with van der Waals surface area (Å²) in [4.78, 5) is 8.76. The third-order valence-corrected chi connectivity index (χ3v) is 0. The number of nitrogens with zero attached hydrogens (tertiary/aromatic N) is 1. The van der Waals surface area contributed by atoms with Gasteiger partial charge in [0.25, 0.3) is 0 Å². The Bertz CT molecular complexity index is 29.0. The van der Waals surface area contributed by atoms with Gasteiger partial charge in [-0.1, -0.05) is 0 Å². The van der Waals surface area contributed by atoms with Crippen molar-refractivity contribution in [1.29, 1.82) is 0 Å². The number of hydrogen-bond acceptors (Lipinski definition) is 2. The fraction of sp³-hybridized carbons (Fsp3) is 0. The summed E-state index contributed by atoms with van der Waals surface area (Å²) < 4.78 is -0.610. The molecule has 0 heterocycles. The minimum atomic E-state index is -0.610. The van der Waals surface area contributed by atoms with Crippen molar-refractivity contribution in [2.45, 2.75) is 0 Å². The Kier molecular flexibility index (Phi) is 1.36. The first kappa shape index (κ1) is 4.02. The molecule has 0 aromatic carbocycles. The van der Waals surface area contributed by atoms with Crippen LogP contribution in [0, 0.1) is 10.1 Å². The van der Waals surface area contributed by atoms with Crippen molar-refractivity contribution in [1.82, 2.24) is 0 Å². The van der Waals surface area contributed by atoms with Crippen LogP contribution in [0.25, 0.3) is 0 Å². The molecule has 3 nitrogen and oxygen atoms in total. The van der Waals surface area contributed by atoms with Crippen molar-refractivity contribution >= 4 is 0 Å². The molecular weight excluding hydrogens is 149 g/mol. The molecule has 0 aromatic heterocycles. The Morgan fingerprint density at radius 2 is 2.00 bits per heavy atom. The van der Waals surface area contributed by atoms with Crippen LogP contribution in [0.3, 0.4) is 0 Å². The predicted octanol–water partition coefficient (Wildman–Crippen LogP) is -0.275. The first-order valence-corrected chi connectivity index (χ1v) is 1.25. The first-order chi connectivity index (χ1) is 1.73. The standard InChI is InChI=1S/NO2.Rh/c2-1-3;. The summed E-state index contributed by atoms with van der Waals surface area (Å²) in [6.07, 6.45) is 0. The van der Waals surface area contributed by atoms with Gasteiger partial charge in [-0.15, -0.1) is 0 Å². The van der Waals surface area contributed by atoms with E-state index < -0.39 is 3.67 Å². The zero-order valence-electron chi connectivity index (χ0n) is 1.60. The maximum absolute atomic E-state index is 8.76. The van der Waals surface area contributed by atoms with E-state index in [2.05, 4.69) is 0 Å². The molecule has 0 aliphatic carbocycles. The van der Waals surface area contributed by atoms with Crippen LogP contribution in [0.2, 0.25) is 0 Å². The van der Waals surface area contributed by atoms with Crippen LogP contribution in [-0.4, -0.2) is 3.67 Å². The van der Waals surface area contributed by atoms with E-state index in [9.17, 15) is 0 Å². The van der Waals surface area contributed by atoms with Crippen molar-refractivity contribution < 1.29 is 22.2 Å². The van der Waals surface area contributed by atoms with Crippen molar-refractivity contribution in [2.24, 2.45) is 0 Å². The number of nitro groups is 1. The van der Waals surface area contributed by atoms with E-state index in [1.54, 1.807) is 0 Å². The molecule has 0 rings (SSSR count). The van der Waals surface area contributed by atoms with Crippen molar-refractivity contribution in [3.63, 3.8) is 0 Å². The van der Waals surface area contributed by atoms with E-state index >= 15 is 0 Å². The SMILES string of the molecule is O=[N+]([O-])[Rh]. The van der Waals surface area contributed by atoms with Gasteiger partial charge in [-0.05, 0) is 0 Å². The molecule has 0 aromatic rings. The Morgan fingerprint density at radius 3 is 2.00 bits per heavy atom. The average Bonchev–Trinajstić information content (AvgIpc) is 0.811. The molecule has 26 valence electrons. The van der Waals surface area contributed by atoms with Crippen molar-refractivity contribution in [2.75, 3.05) is 0 Å². The fourth-order valence-corrected chi connectivity index (χ4v) is 0. The normalized spacial score (nSPS) is 6.50. The fourth-order valence-electron chi connectivity index (χ4n) is 0. The van der Waals surface area contributed by atoms with Gasteiger partial charge in [-0.2, -0.15) is 0 Å². The van der Waals surface area contributed by atoms with Crippen LogP contribution in [0.5, 0.6) is 0 Å². The molecule has 0 saturated heterocycles. The zero-order chi connectivity index (χ0) is 3.58. The molecular formula is NO2Rh. The molecule has 0 saturated carbocycles. The van der Waals surface area contributed by atoms with Gasteiger partial charge in [0.05, 0.1) is 0 Å². The summed E-state index contributed by atoms with van der Waals surface area (Å²) in [5.41, 5.74) is 0. The Balaban J connectivity index is 2.80. The molecule has 0 amide bonds. The Labute approximate surface area is 33.1 Å². The molecule has 0 aliphatic heterocycles. The third-order valence-electron chi connectivity index (χ3n) is 0. The summed E-state index contributed by atoms with van der Waals surface area (Å²) >= 11 is 1.54. The van der Waals surface area contributed by atoms with Crippen molar-refractivity contribution in [3.05, 3.63) is 10.1 Å². The van der Waals surface area contributed by atoms with E-state index in [0.717, 1.165) is 0 Å². The quantitative estimate of drug-likeness (QED) is 0.270. The molecule has 0 radical (unpaired) electrons. The molecule has 4 heavy (non-hydrogen) atoms. The van der Waals surface area contributed by atoms with Gasteiger partial charge in [-0.25, -0.2) is 0 Å². The van der Waals surface area contributed by atoms with Crippen LogP contribution in [0.4, 0.5) is 0 Å². The van der Waals surface area contributed by atoms with Gasteiger partial charge in [0.1, 0.15) is 0 Å².